The zero-order chi connectivity index (χ0) is 13.8. The van der Waals surface area contributed by atoms with Gasteiger partial charge in [0.05, 0.1) is 13.2 Å². The van der Waals surface area contributed by atoms with Crippen LogP contribution in [-0.2, 0) is 4.79 Å². The molecule has 0 bridgehead atoms. The summed E-state index contributed by atoms with van der Waals surface area (Å²) in [5.74, 6) is -1.03. The Labute approximate surface area is 106 Å². The number of amides is 2. The molecule has 18 heavy (non-hydrogen) atoms. The van der Waals surface area contributed by atoms with Crippen LogP contribution in [0.3, 0.4) is 0 Å². The van der Waals surface area contributed by atoms with Crippen molar-refractivity contribution in [3.63, 3.8) is 0 Å². The monoisotopic (exact) mass is 260 g/mol. The van der Waals surface area contributed by atoms with Gasteiger partial charge in [-0.1, -0.05) is 0 Å². The first kappa shape index (κ1) is 14.7. The summed E-state index contributed by atoms with van der Waals surface area (Å²) in [7, 11) is 0. The Morgan fingerprint density at radius 2 is 1.83 bits per heavy atom. The van der Waals surface area contributed by atoms with Gasteiger partial charge in [-0.15, -0.1) is 0 Å². The number of rotatable bonds is 5. The Balaban J connectivity index is 2.83. The van der Waals surface area contributed by atoms with Crippen molar-refractivity contribution in [2.24, 2.45) is 0 Å². The average molecular weight is 260 g/mol. The lowest BCUT2D eigenvalue weighted by atomic mass is 10.00. The number of carbonyl (C=O) groups excluding carboxylic acids is 1. The normalized spacial score (nSPS) is 23.2. The maximum absolute atomic E-state index is 12.2. The number of aliphatic carboxylic acids is 1. The van der Waals surface area contributed by atoms with Crippen LogP contribution in [0.15, 0.2) is 0 Å². The molecule has 0 aromatic heterocycles. The number of carboxylic acids is 1. The molecular formula is C11H20N2O5. The van der Waals surface area contributed by atoms with E-state index in [4.69, 9.17) is 10.2 Å². The Morgan fingerprint density at radius 1 is 1.28 bits per heavy atom. The van der Waals surface area contributed by atoms with E-state index in [1.807, 2.05) is 0 Å². The van der Waals surface area contributed by atoms with Gasteiger partial charge in [0.25, 0.3) is 0 Å². The minimum atomic E-state index is -1.19. The van der Waals surface area contributed by atoms with Crippen molar-refractivity contribution in [3.05, 3.63) is 0 Å². The zero-order valence-corrected chi connectivity index (χ0v) is 10.5. The van der Waals surface area contributed by atoms with E-state index in [1.54, 1.807) is 0 Å². The Morgan fingerprint density at radius 3 is 2.28 bits per heavy atom. The highest BCUT2D eigenvalue weighted by Gasteiger charge is 2.47. The van der Waals surface area contributed by atoms with Crippen molar-refractivity contribution in [2.75, 3.05) is 32.8 Å². The topological polar surface area (TPSA) is 101 Å². The summed E-state index contributed by atoms with van der Waals surface area (Å²) in [6.07, 6.45) is 1.06. The van der Waals surface area contributed by atoms with E-state index < -0.39 is 17.5 Å². The quantitative estimate of drug-likeness (QED) is 0.608. The standard InChI is InChI=1S/C11H20N2O5/c1-11(9(16)17)3-2-4-13(11)10(18)12(5-7-14)6-8-15/h14-15H,2-8H2,1H3,(H,16,17). The summed E-state index contributed by atoms with van der Waals surface area (Å²) in [6, 6.07) is -0.444. The lowest BCUT2D eigenvalue weighted by Gasteiger charge is -2.35. The molecule has 7 nitrogen and oxygen atoms in total. The first-order valence-electron chi connectivity index (χ1n) is 5.99. The van der Waals surface area contributed by atoms with Gasteiger partial charge < -0.3 is 25.1 Å². The molecule has 0 aliphatic carbocycles. The van der Waals surface area contributed by atoms with Gasteiger partial charge in [-0.05, 0) is 19.8 Å². The van der Waals surface area contributed by atoms with Crippen molar-refractivity contribution in [1.29, 1.82) is 0 Å². The predicted molar refractivity (Wildman–Crippen MR) is 63.1 cm³/mol. The lowest BCUT2D eigenvalue weighted by Crippen LogP contribution is -2.55. The molecule has 1 fully saturated rings. The Bertz CT molecular complexity index is 317. The molecular weight excluding hydrogens is 240 g/mol. The van der Waals surface area contributed by atoms with Crippen LogP contribution in [0.2, 0.25) is 0 Å². The third kappa shape index (κ3) is 2.73. The molecule has 1 heterocycles. The van der Waals surface area contributed by atoms with Crippen molar-refractivity contribution in [2.45, 2.75) is 25.3 Å². The summed E-state index contributed by atoms with van der Waals surface area (Å²) in [6.45, 7) is 1.65. The van der Waals surface area contributed by atoms with Gasteiger partial charge in [0, 0.05) is 19.6 Å². The number of hydrogen-bond acceptors (Lipinski definition) is 4. The Hall–Kier alpha value is -1.34. The fourth-order valence-corrected chi connectivity index (χ4v) is 2.21. The average Bonchev–Trinajstić information content (AvgIpc) is 2.71. The summed E-state index contributed by atoms with van der Waals surface area (Å²) in [5, 5.41) is 27.0. The van der Waals surface area contributed by atoms with Crippen LogP contribution in [0.1, 0.15) is 19.8 Å². The van der Waals surface area contributed by atoms with Crippen molar-refractivity contribution >= 4 is 12.0 Å². The third-order valence-electron chi connectivity index (χ3n) is 3.34. The molecule has 0 saturated carbocycles. The molecule has 1 saturated heterocycles. The fraction of sp³-hybridized carbons (Fsp3) is 0.818. The molecule has 1 aliphatic heterocycles. The smallest absolute Gasteiger partial charge is 0.329 e. The first-order chi connectivity index (χ1) is 8.47. The van der Waals surface area contributed by atoms with Crippen LogP contribution in [-0.4, -0.2) is 75.5 Å². The second-order valence-electron chi connectivity index (χ2n) is 4.55. The molecule has 3 N–H and O–H groups in total. The molecule has 1 atom stereocenters. The molecule has 7 heteroatoms. The van der Waals surface area contributed by atoms with E-state index in [2.05, 4.69) is 0 Å². The predicted octanol–water partition coefficient (Wildman–Crippen LogP) is -0.668. The molecule has 0 spiro atoms. The number of aliphatic hydroxyl groups is 2. The second kappa shape index (κ2) is 6.01. The highest BCUT2D eigenvalue weighted by molar-refractivity contribution is 5.86. The minimum absolute atomic E-state index is 0.0889. The largest absolute Gasteiger partial charge is 0.480 e. The highest BCUT2D eigenvalue weighted by Crippen LogP contribution is 2.30. The van der Waals surface area contributed by atoms with E-state index >= 15 is 0 Å². The van der Waals surface area contributed by atoms with Crippen LogP contribution in [0, 0.1) is 0 Å². The van der Waals surface area contributed by atoms with Gasteiger partial charge in [-0.2, -0.15) is 0 Å². The summed E-state index contributed by atoms with van der Waals surface area (Å²) < 4.78 is 0. The van der Waals surface area contributed by atoms with Crippen LogP contribution < -0.4 is 0 Å². The lowest BCUT2D eigenvalue weighted by molar-refractivity contribution is -0.147. The SMILES string of the molecule is CC1(C(=O)O)CCCN1C(=O)N(CCO)CCO. The van der Waals surface area contributed by atoms with E-state index in [1.165, 1.54) is 16.7 Å². The number of hydrogen-bond donors (Lipinski definition) is 3. The van der Waals surface area contributed by atoms with Crippen LogP contribution >= 0.6 is 0 Å². The zero-order valence-electron chi connectivity index (χ0n) is 10.5. The van der Waals surface area contributed by atoms with Gasteiger partial charge >= 0.3 is 12.0 Å². The molecule has 0 aromatic carbocycles. The molecule has 1 aliphatic rings. The van der Waals surface area contributed by atoms with Gasteiger partial charge in [0.2, 0.25) is 0 Å². The van der Waals surface area contributed by atoms with Gasteiger partial charge in [0.15, 0.2) is 0 Å². The minimum Gasteiger partial charge on any atom is -0.480 e. The van der Waals surface area contributed by atoms with Crippen molar-refractivity contribution in [3.8, 4) is 0 Å². The number of carboxylic acid groups (broad SMARTS) is 1. The highest BCUT2D eigenvalue weighted by atomic mass is 16.4. The van der Waals surface area contributed by atoms with Gasteiger partial charge in [-0.25, -0.2) is 9.59 Å². The molecule has 0 radical (unpaired) electrons. The summed E-state index contributed by atoms with van der Waals surface area (Å²) >= 11 is 0. The molecule has 104 valence electrons. The molecule has 2 amide bonds. The Kier molecular flexibility index (Phi) is 4.92. The molecule has 1 rings (SSSR count). The van der Waals surface area contributed by atoms with E-state index in [0.717, 1.165) is 0 Å². The maximum Gasteiger partial charge on any atom is 0.329 e. The first-order valence-corrected chi connectivity index (χ1v) is 5.99. The maximum atomic E-state index is 12.2. The number of aliphatic hydroxyl groups excluding tert-OH is 2. The number of carbonyl (C=O) groups is 2. The van der Waals surface area contributed by atoms with Crippen LogP contribution in [0.5, 0.6) is 0 Å². The number of urea groups is 1. The van der Waals surface area contributed by atoms with E-state index in [0.29, 0.717) is 19.4 Å². The summed E-state index contributed by atoms with van der Waals surface area (Å²) in [5.41, 5.74) is -1.19. The van der Waals surface area contributed by atoms with Crippen molar-refractivity contribution < 1.29 is 24.9 Å². The van der Waals surface area contributed by atoms with Crippen LogP contribution in [0.25, 0.3) is 0 Å². The second-order valence-corrected chi connectivity index (χ2v) is 4.55. The van der Waals surface area contributed by atoms with Crippen molar-refractivity contribution in [1.82, 2.24) is 9.80 Å². The van der Waals surface area contributed by atoms with Gasteiger partial charge in [-0.3, -0.25) is 0 Å². The van der Waals surface area contributed by atoms with E-state index in [-0.39, 0.29) is 26.3 Å². The van der Waals surface area contributed by atoms with E-state index in [9.17, 15) is 14.7 Å². The number of nitrogens with zero attached hydrogens (tertiary/aromatic N) is 2. The molecule has 0 aromatic rings. The van der Waals surface area contributed by atoms with Gasteiger partial charge in [0.1, 0.15) is 5.54 Å². The molecule has 1 unspecified atom stereocenters. The third-order valence-corrected chi connectivity index (χ3v) is 3.34. The van der Waals surface area contributed by atoms with Crippen LogP contribution in [0.4, 0.5) is 4.79 Å². The number of likely N-dealkylation sites (tertiary alicyclic amines) is 1. The fourth-order valence-electron chi connectivity index (χ4n) is 2.21. The summed E-state index contributed by atoms with van der Waals surface area (Å²) in [4.78, 5) is 26.1.